The summed E-state index contributed by atoms with van der Waals surface area (Å²) in [5.74, 6) is -0.298. The van der Waals surface area contributed by atoms with Gasteiger partial charge in [0.1, 0.15) is 5.82 Å². The van der Waals surface area contributed by atoms with E-state index in [9.17, 15) is 4.39 Å². The smallest absolute Gasteiger partial charge is 0.125 e. The normalized spacial score (nSPS) is 10.8. The highest BCUT2D eigenvalue weighted by Gasteiger charge is 2.05. The molecule has 94 valence electrons. The first kappa shape index (κ1) is 12.5. The molecule has 0 saturated heterocycles. The van der Waals surface area contributed by atoms with E-state index >= 15 is 0 Å². The van der Waals surface area contributed by atoms with Crippen LogP contribution in [0.3, 0.4) is 0 Å². The minimum Gasteiger partial charge on any atom is -0.398 e. The SMILES string of the molecule is CN(Cc1ccncc1)Cc1ccc(F)cc1N. The number of nitrogens with zero attached hydrogens (tertiary/aromatic N) is 2. The molecule has 0 radical (unpaired) electrons. The lowest BCUT2D eigenvalue weighted by Crippen LogP contribution is -2.18. The molecule has 0 unspecified atom stereocenters. The average Bonchev–Trinajstić information content (AvgIpc) is 2.34. The summed E-state index contributed by atoms with van der Waals surface area (Å²) in [6.45, 7) is 1.49. The van der Waals surface area contributed by atoms with Crippen LogP contribution in [0, 0.1) is 5.82 Å². The van der Waals surface area contributed by atoms with Crippen molar-refractivity contribution in [1.29, 1.82) is 0 Å². The van der Waals surface area contributed by atoms with Crippen LogP contribution in [0.15, 0.2) is 42.7 Å². The largest absolute Gasteiger partial charge is 0.398 e. The van der Waals surface area contributed by atoms with Crippen molar-refractivity contribution in [3.8, 4) is 0 Å². The lowest BCUT2D eigenvalue weighted by molar-refractivity contribution is 0.319. The molecule has 0 aliphatic heterocycles. The third-order valence-corrected chi connectivity index (χ3v) is 2.75. The summed E-state index contributed by atoms with van der Waals surface area (Å²) in [5.41, 5.74) is 8.41. The molecule has 0 amide bonds. The van der Waals surface area contributed by atoms with Crippen LogP contribution < -0.4 is 5.73 Å². The van der Waals surface area contributed by atoms with E-state index in [4.69, 9.17) is 5.73 Å². The van der Waals surface area contributed by atoms with Crippen molar-refractivity contribution in [1.82, 2.24) is 9.88 Å². The highest BCUT2D eigenvalue weighted by Crippen LogP contribution is 2.16. The lowest BCUT2D eigenvalue weighted by Gasteiger charge is -2.17. The van der Waals surface area contributed by atoms with E-state index < -0.39 is 0 Å². The number of anilines is 1. The number of nitrogens with two attached hydrogens (primary N) is 1. The van der Waals surface area contributed by atoms with E-state index in [0.717, 1.165) is 12.1 Å². The maximum atomic E-state index is 12.9. The fourth-order valence-corrected chi connectivity index (χ4v) is 1.86. The third kappa shape index (κ3) is 3.28. The molecule has 18 heavy (non-hydrogen) atoms. The molecular weight excluding hydrogens is 229 g/mol. The van der Waals surface area contributed by atoms with Crippen LogP contribution in [0.25, 0.3) is 0 Å². The highest BCUT2D eigenvalue weighted by molar-refractivity contribution is 5.46. The maximum Gasteiger partial charge on any atom is 0.125 e. The molecule has 2 N–H and O–H groups in total. The van der Waals surface area contributed by atoms with E-state index in [1.807, 2.05) is 19.2 Å². The summed E-state index contributed by atoms with van der Waals surface area (Å²) >= 11 is 0. The van der Waals surface area contributed by atoms with E-state index in [1.165, 1.54) is 17.7 Å². The van der Waals surface area contributed by atoms with Gasteiger partial charge < -0.3 is 5.73 Å². The molecule has 2 rings (SSSR count). The molecule has 0 spiro atoms. The van der Waals surface area contributed by atoms with E-state index in [2.05, 4.69) is 9.88 Å². The lowest BCUT2D eigenvalue weighted by atomic mass is 10.1. The predicted octanol–water partition coefficient (Wildman–Crippen LogP) is 2.43. The van der Waals surface area contributed by atoms with Gasteiger partial charge in [0.15, 0.2) is 0 Å². The Kier molecular flexibility index (Phi) is 3.89. The number of halogens is 1. The fraction of sp³-hybridized carbons (Fsp3) is 0.214. The number of pyridine rings is 1. The Morgan fingerprint density at radius 1 is 1.17 bits per heavy atom. The summed E-state index contributed by atoms with van der Waals surface area (Å²) in [5, 5.41) is 0. The van der Waals surface area contributed by atoms with Crippen molar-refractivity contribution < 1.29 is 4.39 Å². The van der Waals surface area contributed by atoms with Gasteiger partial charge in [0.25, 0.3) is 0 Å². The summed E-state index contributed by atoms with van der Waals surface area (Å²) in [7, 11) is 2.00. The van der Waals surface area contributed by atoms with Crippen LogP contribution in [0.4, 0.5) is 10.1 Å². The molecule has 0 bridgehead atoms. The summed E-state index contributed by atoms with van der Waals surface area (Å²) in [6.07, 6.45) is 3.55. The molecule has 2 aromatic rings. The summed E-state index contributed by atoms with van der Waals surface area (Å²) < 4.78 is 12.9. The second-order valence-corrected chi connectivity index (χ2v) is 4.37. The first-order valence-electron chi connectivity index (χ1n) is 5.76. The van der Waals surface area contributed by atoms with Gasteiger partial charge in [0, 0.05) is 31.2 Å². The van der Waals surface area contributed by atoms with Gasteiger partial charge in [0.05, 0.1) is 0 Å². The molecule has 0 aliphatic rings. The zero-order valence-corrected chi connectivity index (χ0v) is 10.3. The van der Waals surface area contributed by atoms with Crippen molar-refractivity contribution in [3.05, 3.63) is 59.7 Å². The first-order chi connectivity index (χ1) is 8.65. The van der Waals surface area contributed by atoms with Gasteiger partial charge >= 0.3 is 0 Å². The molecule has 1 heterocycles. The quantitative estimate of drug-likeness (QED) is 0.841. The Morgan fingerprint density at radius 2 is 1.89 bits per heavy atom. The van der Waals surface area contributed by atoms with Crippen molar-refractivity contribution in [2.75, 3.05) is 12.8 Å². The minimum atomic E-state index is -0.298. The topological polar surface area (TPSA) is 42.2 Å². The fourth-order valence-electron chi connectivity index (χ4n) is 1.86. The monoisotopic (exact) mass is 245 g/mol. The Morgan fingerprint density at radius 3 is 2.56 bits per heavy atom. The van der Waals surface area contributed by atoms with Crippen molar-refractivity contribution in [2.24, 2.45) is 0 Å². The molecule has 3 nitrogen and oxygen atoms in total. The molecule has 1 aromatic carbocycles. The first-order valence-corrected chi connectivity index (χ1v) is 5.76. The number of benzene rings is 1. The van der Waals surface area contributed by atoms with E-state index in [1.54, 1.807) is 18.5 Å². The van der Waals surface area contributed by atoms with Gasteiger partial charge in [-0.25, -0.2) is 4.39 Å². The number of rotatable bonds is 4. The zero-order valence-electron chi connectivity index (χ0n) is 10.3. The number of hydrogen-bond donors (Lipinski definition) is 1. The molecule has 0 saturated carbocycles. The Labute approximate surface area is 106 Å². The van der Waals surface area contributed by atoms with Crippen LogP contribution in [0.5, 0.6) is 0 Å². The highest BCUT2D eigenvalue weighted by atomic mass is 19.1. The number of aromatic nitrogens is 1. The Balaban J connectivity index is 2.01. The van der Waals surface area contributed by atoms with Gasteiger partial charge in [-0.1, -0.05) is 6.07 Å². The van der Waals surface area contributed by atoms with E-state index in [-0.39, 0.29) is 5.82 Å². The average molecular weight is 245 g/mol. The molecule has 0 fully saturated rings. The Hall–Kier alpha value is -1.94. The molecule has 0 atom stereocenters. The van der Waals surface area contributed by atoms with Crippen molar-refractivity contribution >= 4 is 5.69 Å². The molecule has 0 aliphatic carbocycles. The van der Waals surface area contributed by atoms with Crippen LogP contribution in [-0.4, -0.2) is 16.9 Å². The van der Waals surface area contributed by atoms with Gasteiger partial charge in [-0.2, -0.15) is 0 Å². The van der Waals surface area contributed by atoms with Crippen molar-refractivity contribution in [2.45, 2.75) is 13.1 Å². The van der Waals surface area contributed by atoms with Crippen LogP contribution >= 0.6 is 0 Å². The molecule has 1 aromatic heterocycles. The second kappa shape index (κ2) is 5.60. The Bertz CT molecular complexity index is 514. The van der Waals surface area contributed by atoms with Gasteiger partial charge in [0.2, 0.25) is 0 Å². The second-order valence-electron chi connectivity index (χ2n) is 4.37. The maximum absolute atomic E-state index is 12.9. The van der Waals surface area contributed by atoms with Crippen LogP contribution in [0.2, 0.25) is 0 Å². The summed E-state index contributed by atoms with van der Waals surface area (Å²) in [6, 6.07) is 8.48. The predicted molar refractivity (Wildman–Crippen MR) is 70.2 cm³/mol. The van der Waals surface area contributed by atoms with Gasteiger partial charge in [-0.15, -0.1) is 0 Å². The zero-order chi connectivity index (χ0) is 13.0. The van der Waals surface area contributed by atoms with Gasteiger partial charge in [-0.05, 0) is 42.4 Å². The summed E-state index contributed by atoms with van der Waals surface area (Å²) in [4.78, 5) is 6.10. The van der Waals surface area contributed by atoms with Crippen molar-refractivity contribution in [3.63, 3.8) is 0 Å². The molecule has 4 heteroatoms. The molecular formula is C14H16FN3. The van der Waals surface area contributed by atoms with E-state index in [0.29, 0.717) is 12.2 Å². The minimum absolute atomic E-state index is 0.298. The van der Waals surface area contributed by atoms with Crippen LogP contribution in [0.1, 0.15) is 11.1 Å². The number of hydrogen-bond acceptors (Lipinski definition) is 3. The number of nitrogen functional groups attached to an aromatic ring is 1. The van der Waals surface area contributed by atoms with Gasteiger partial charge in [-0.3, -0.25) is 9.88 Å². The van der Waals surface area contributed by atoms with Crippen LogP contribution in [-0.2, 0) is 13.1 Å². The third-order valence-electron chi connectivity index (χ3n) is 2.75. The standard InChI is InChI=1S/C14H16FN3/c1-18(9-11-4-6-17-7-5-11)10-12-2-3-13(15)8-14(12)16/h2-8H,9-10,16H2,1H3.